The van der Waals surface area contributed by atoms with Crippen LogP contribution < -0.4 is 10.6 Å². The molecule has 0 atom stereocenters. The molecule has 1 aliphatic rings. The first-order valence-electron chi connectivity index (χ1n) is 12.3. The fourth-order valence-electron chi connectivity index (χ4n) is 4.47. The van der Waals surface area contributed by atoms with Gasteiger partial charge in [0, 0.05) is 36.7 Å². The Bertz CT molecular complexity index is 1360. The molecule has 5 rings (SSSR count). The van der Waals surface area contributed by atoms with Crippen LogP contribution in [0.25, 0.3) is 16.9 Å². The Balaban J connectivity index is 1.40. The zero-order valence-electron chi connectivity index (χ0n) is 20.9. The fraction of sp³-hybridized carbons (Fsp3) is 0.276. The molecule has 1 saturated carbocycles. The van der Waals surface area contributed by atoms with Gasteiger partial charge in [0.25, 0.3) is 0 Å². The van der Waals surface area contributed by atoms with Crippen LogP contribution >= 0.6 is 0 Å². The number of carbonyl (C=O) groups excluding carboxylic acids is 1. The lowest BCUT2D eigenvalue weighted by Gasteiger charge is -2.14. The largest absolute Gasteiger partial charge is 0.380 e. The highest BCUT2D eigenvalue weighted by Crippen LogP contribution is 2.42. The van der Waals surface area contributed by atoms with Gasteiger partial charge in [-0.15, -0.1) is 0 Å². The lowest BCUT2D eigenvalue weighted by molar-refractivity contribution is 0.185. The Labute approximate surface area is 211 Å². The minimum atomic E-state index is -0.275. The van der Waals surface area contributed by atoms with Crippen molar-refractivity contribution in [1.82, 2.24) is 20.1 Å². The molecule has 2 aromatic carbocycles. The van der Waals surface area contributed by atoms with Crippen molar-refractivity contribution in [3.8, 4) is 16.9 Å². The van der Waals surface area contributed by atoms with Crippen molar-refractivity contribution in [2.75, 3.05) is 12.4 Å². The van der Waals surface area contributed by atoms with Crippen molar-refractivity contribution in [1.29, 1.82) is 0 Å². The van der Waals surface area contributed by atoms with E-state index in [4.69, 9.17) is 9.84 Å². The summed E-state index contributed by atoms with van der Waals surface area (Å²) in [6.45, 7) is 4.92. The molecule has 0 aliphatic heterocycles. The van der Waals surface area contributed by atoms with E-state index < -0.39 is 0 Å². The van der Waals surface area contributed by atoms with Gasteiger partial charge < -0.3 is 10.1 Å². The molecule has 2 heterocycles. The highest BCUT2D eigenvalue weighted by Gasteiger charge is 2.26. The topological polar surface area (TPSA) is 81.1 Å². The van der Waals surface area contributed by atoms with Crippen LogP contribution in [0.4, 0.5) is 10.6 Å². The van der Waals surface area contributed by atoms with Gasteiger partial charge in [-0.3, -0.25) is 10.3 Å². The molecule has 2 amide bonds. The Morgan fingerprint density at radius 2 is 1.89 bits per heavy atom. The molecule has 0 bridgehead atoms. The minimum Gasteiger partial charge on any atom is -0.380 e. The average molecular weight is 482 g/mol. The SMILES string of the molecule is COCc1ccc(C2CC2)c(CNC(=O)Nc2c(C)c(-c3ccc(C)nc3)nn2-c2ccccc2)c1. The summed E-state index contributed by atoms with van der Waals surface area (Å²) in [6, 6.07) is 19.9. The number of urea groups is 1. The van der Waals surface area contributed by atoms with Crippen LogP contribution in [0.1, 0.15) is 46.7 Å². The van der Waals surface area contributed by atoms with E-state index in [2.05, 4.69) is 33.8 Å². The number of nitrogens with zero attached hydrogens (tertiary/aromatic N) is 3. The third-order valence-electron chi connectivity index (χ3n) is 6.51. The quantitative estimate of drug-likeness (QED) is 0.328. The number of amides is 2. The molecular weight excluding hydrogens is 450 g/mol. The van der Waals surface area contributed by atoms with Gasteiger partial charge in [-0.2, -0.15) is 5.10 Å². The van der Waals surface area contributed by atoms with E-state index in [0.29, 0.717) is 24.9 Å². The Morgan fingerprint density at radius 3 is 2.58 bits per heavy atom. The lowest BCUT2D eigenvalue weighted by atomic mass is 10.0. The molecule has 7 nitrogen and oxygen atoms in total. The predicted molar refractivity (Wildman–Crippen MR) is 141 cm³/mol. The molecule has 0 spiro atoms. The standard InChI is InChI=1S/C29H31N5O2/c1-19-9-11-23(16-30-19)27-20(2)28(34(33-27)25-7-5-4-6-8-25)32-29(35)31-17-24-15-21(18-36-3)10-14-26(24)22-12-13-22/h4-11,14-16,22H,12-13,17-18H2,1-3H3,(H2,31,32,35). The van der Waals surface area contributed by atoms with Gasteiger partial charge in [-0.05, 0) is 73.6 Å². The molecule has 0 radical (unpaired) electrons. The molecular formula is C29H31N5O2. The summed E-state index contributed by atoms with van der Waals surface area (Å²) in [5.74, 6) is 1.22. The Hall–Kier alpha value is -3.97. The van der Waals surface area contributed by atoms with E-state index in [9.17, 15) is 4.79 Å². The number of hydrogen-bond acceptors (Lipinski definition) is 4. The summed E-state index contributed by atoms with van der Waals surface area (Å²) in [6.07, 6.45) is 4.22. The second-order valence-electron chi connectivity index (χ2n) is 9.31. The third kappa shape index (κ3) is 5.16. The van der Waals surface area contributed by atoms with Crippen molar-refractivity contribution in [2.24, 2.45) is 0 Å². The average Bonchev–Trinajstić information content (AvgIpc) is 3.69. The minimum absolute atomic E-state index is 0.275. The van der Waals surface area contributed by atoms with Crippen LogP contribution in [-0.2, 0) is 17.9 Å². The van der Waals surface area contributed by atoms with E-state index >= 15 is 0 Å². The molecule has 0 unspecified atom stereocenters. The fourth-order valence-corrected chi connectivity index (χ4v) is 4.47. The first-order chi connectivity index (χ1) is 17.5. The summed E-state index contributed by atoms with van der Waals surface area (Å²) in [5, 5.41) is 11.0. The molecule has 2 aromatic heterocycles. The van der Waals surface area contributed by atoms with Gasteiger partial charge in [-0.25, -0.2) is 9.48 Å². The number of methoxy groups -OCH3 is 1. The van der Waals surface area contributed by atoms with E-state index in [1.807, 2.05) is 62.5 Å². The van der Waals surface area contributed by atoms with Crippen molar-refractivity contribution in [3.05, 3.63) is 94.8 Å². The smallest absolute Gasteiger partial charge is 0.320 e. The number of para-hydroxylation sites is 1. The number of anilines is 1. The maximum atomic E-state index is 13.1. The van der Waals surface area contributed by atoms with Gasteiger partial charge in [0.15, 0.2) is 0 Å². The summed E-state index contributed by atoms with van der Waals surface area (Å²) < 4.78 is 7.08. The van der Waals surface area contributed by atoms with E-state index in [0.717, 1.165) is 39.3 Å². The molecule has 36 heavy (non-hydrogen) atoms. The second kappa shape index (κ2) is 10.3. The summed E-state index contributed by atoms with van der Waals surface area (Å²) >= 11 is 0. The molecule has 2 N–H and O–H groups in total. The maximum absolute atomic E-state index is 13.1. The maximum Gasteiger partial charge on any atom is 0.320 e. The van der Waals surface area contributed by atoms with E-state index in [-0.39, 0.29) is 6.03 Å². The molecule has 7 heteroatoms. The molecule has 4 aromatic rings. The first-order valence-corrected chi connectivity index (χ1v) is 12.3. The number of aryl methyl sites for hydroxylation is 1. The monoisotopic (exact) mass is 481 g/mol. The Morgan fingerprint density at radius 1 is 1.08 bits per heavy atom. The number of hydrogen-bond donors (Lipinski definition) is 2. The van der Waals surface area contributed by atoms with E-state index in [1.165, 1.54) is 18.4 Å². The van der Waals surface area contributed by atoms with Crippen molar-refractivity contribution < 1.29 is 9.53 Å². The van der Waals surface area contributed by atoms with Crippen molar-refractivity contribution in [2.45, 2.75) is 45.8 Å². The summed E-state index contributed by atoms with van der Waals surface area (Å²) in [5.41, 5.74) is 7.93. The predicted octanol–water partition coefficient (Wildman–Crippen LogP) is 5.90. The highest BCUT2D eigenvalue weighted by molar-refractivity contribution is 5.90. The number of carbonyl (C=O) groups is 1. The number of pyridine rings is 1. The summed E-state index contributed by atoms with van der Waals surface area (Å²) in [4.78, 5) is 17.5. The number of rotatable bonds is 8. The third-order valence-corrected chi connectivity index (χ3v) is 6.51. The van der Waals surface area contributed by atoms with Gasteiger partial charge in [0.05, 0.1) is 18.0 Å². The van der Waals surface area contributed by atoms with Crippen LogP contribution in [0.3, 0.4) is 0 Å². The van der Waals surface area contributed by atoms with Crippen LogP contribution in [0.2, 0.25) is 0 Å². The number of aromatic nitrogens is 3. The van der Waals surface area contributed by atoms with Gasteiger partial charge in [0.2, 0.25) is 0 Å². The second-order valence-corrected chi connectivity index (χ2v) is 9.31. The number of benzene rings is 2. The zero-order chi connectivity index (χ0) is 25.1. The molecule has 0 saturated heterocycles. The Kier molecular flexibility index (Phi) is 6.82. The molecule has 184 valence electrons. The van der Waals surface area contributed by atoms with Gasteiger partial charge >= 0.3 is 6.03 Å². The van der Waals surface area contributed by atoms with Crippen LogP contribution in [0.15, 0.2) is 66.9 Å². The number of nitrogens with one attached hydrogen (secondary N) is 2. The molecule has 1 aliphatic carbocycles. The normalized spacial score (nSPS) is 13.0. The lowest BCUT2D eigenvalue weighted by Crippen LogP contribution is -2.29. The summed E-state index contributed by atoms with van der Waals surface area (Å²) in [7, 11) is 1.69. The van der Waals surface area contributed by atoms with Crippen LogP contribution in [0, 0.1) is 13.8 Å². The van der Waals surface area contributed by atoms with Crippen LogP contribution in [0.5, 0.6) is 0 Å². The zero-order valence-corrected chi connectivity index (χ0v) is 20.9. The number of ether oxygens (including phenoxy) is 1. The molecule has 1 fully saturated rings. The van der Waals surface area contributed by atoms with Gasteiger partial charge in [-0.1, -0.05) is 36.4 Å². The van der Waals surface area contributed by atoms with Gasteiger partial charge in [0.1, 0.15) is 5.82 Å². The van der Waals surface area contributed by atoms with Crippen molar-refractivity contribution >= 4 is 11.8 Å². The van der Waals surface area contributed by atoms with E-state index in [1.54, 1.807) is 11.8 Å². The highest BCUT2D eigenvalue weighted by atomic mass is 16.5. The van der Waals surface area contributed by atoms with Crippen molar-refractivity contribution in [3.63, 3.8) is 0 Å². The first kappa shape index (κ1) is 23.8. The van der Waals surface area contributed by atoms with Crippen LogP contribution in [-0.4, -0.2) is 27.9 Å².